The smallest absolute Gasteiger partial charge is 0.192 e. The molecule has 1 N–H and O–H groups in total. The molecule has 0 aromatic carbocycles. The Morgan fingerprint density at radius 2 is 1.80 bits per heavy atom. The summed E-state index contributed by atoms with van der Waals surface area (Å²) in [5, 5.41) is 10.1. The molecule has 1 saturated carbocycles. The Labute approximate surface area is 218 Å². The van der Waals surface area contributed by atoms with Crippen LogP contribution in [0.1, 0.15) is 119 Å². The van der Waals surface area contributed by atoms with Gasteiger partial charge in [0.2, 0.25) is 0 Å². The third-order valence-electron chi connectivity index (χ3n) is 11.1. The first-order valence-electron chi connectivity index (χ1n) is 14.8. The first-order valence-corrected chi connectivity index (χ1v) is 17.7. The lowest BCUT2D eigenvalue weighted by Gasteiger charge is -2.54. The number of carbonyl (C=O) groups is 1. The van der Waals surface area contributed by atoms with Gasteiger partial charge >= 0.3 is 0 Å². The summed E-state index contributed by atoms with van der Waals surface area (Å²) in [5.41, 5.74) is 2.54. The van der Waals surface area contributed by atoms with E-state index in [-0.39, 0.29) is 28.4 Å². The quantitative estimate of drug-likeness (QED) is 0.320. The van der Waals surface area contributed by atoms with Crippen LogP contribution in [0.4, 0.5) is 0 Å². The summed E-state index contributed by atoms with van der Waals surface area (Å²) in [4.78, 5) is 14.2. The maximum absolute atomic E-state index is 14.2. The zero-order valence-electron chi connectivity index (χ0n) is 24.6. The Morgan fingerprint density at radius 3 is 2.40 bits per heavy atom. The van der Waals surface area contributed by atoms with Crippen molar-refractivity contribution in [1.29, 1.82) is 0 Å². The predicted octanol–water partition coefficient (Wildman–Crippen LogP) is 8.47. The minimum Gasteiger partial charge on any atom is -0.414 e. The van der Waals surface area contributed by atoms with Gasteiger partial charge in [-0.25, -0.2) is 0 Å². The van der Waals surface area contributed by atoms with E-state index in [1.807, 2.05) is 0 Å². The van der Waals surface area contributed by atoms with Crippen molar-refractivity contribution in [2.24, 2.45) is 28.6 Å². The Hall–Kier alpha value is -0.453. The van der Waals surface area contributed by atoms with E-state index in [0.717, 1.165) is 57.8 Å². The molecule has 0 unspecified atom stereocenters. The molecule has 0 aliphatic heterocycles. The molecular weight excluding hydrogens is 448 g/mol. The van der Waals surface area contributed by atoms with Crippen LogP contribution in [0.2, 0.25) is 18.1 Å². The Morgan fingerprint density at radius 1 is 1.11 bits per heavy atom. The van der Waals surface area contributed by atoms with Crippen molar-refractivity contribution >= 4 is 14.1 Å². The van der Waals surface area contributed by atoms with Crippen molar-refractivity contribution in [2.75, 3.05) is 6.61 Å². The molecule has 0 aromatic rings. The average Bonchev–Trinajstić information content (AvgIpc) is 2.77. The maximum Gasteiger partial charge on any atom is 0.192 e. The van der Waals surface area contributed by atoms with Gasteiger partial charge in [-0.15, -0.1) is 0 Å². The second-order valence-electron chi connectivity index (χ2n) is 14.4. The first-order chi connectivity index (χ1) is 16.2. The number of hydrogen-bond donors (Lipinski definition) is 1. The minimum atomic E-state index is -1.77. The molecule has 0 bridgehead atoms. The lowest BCUT2D eigenvalue weighted by molar-refractivity contribution is -0.131. The van der Waals surface area contributed by atoms with Crippen molar-refractivity contribution in [3.8, 4) is 0 Å². The van der Waals surface area contributed by atoms with Crippen molar-refractivity contribution in [1.82, 2.24) is 0 Å². The van der Waals surface area contributed by atoms with Gasteiger partial charge in [-0.05, 0) is 98.2 Å². The second-order valence-corrected chi connectivity index (χ2v) is 19.1. The highest BCUT2D eigenvalue weighted by atomic mass is 28.4. The van der Waals surface area contributed by atoms with Crippen LogP contribution in [0.25, 0.3) is 0 Å². The molecule has 0 spiro atoms. The van der Waals surface area contributed by atoms with Crippen LogP contribution >= 0.6 is 0 Å². The zero-order valence-corrected chi connectivity index (χ0v) is 25.6. The van der Waals surface area contributed by atoms with Crippen molar-refractivity contribution in [2.45, 2.75) is 143 Å². The van der Waals surface area contributed by atoms with Crippen LogP contribution in [0.5, 0.6) is 0 Å². The lowest BCUT2D eigenvalue weighted by Crippen LogP contribution is -2.50. The lowest BCUT2D eigenvalue weighted by atomic mass is 9.51. The van der Waals surface area contributed by atoms with Crippen LogP contribution in [-0.2, 0) is 9.22 Å². The number of fused-ring (bicyclic) bond motifs is 2. The maximum atomic E-state index is 14.2. The minimum absolute atomic E-state index is 0.165. The highest BCUT2D eigenvalue weighted by Crippen LogP contribution is 2.60. The zero-order chi connectivity index (χ0) is 26.2. The van der Waals surface area contributed by atoms with E-state index in [9.17, 15) is 9.90 Å². The number of ketones is 1. The molecule has 0 saturated heterocycles. The first kappa shape index (κ1) is 29.1. The summed E-state index contributed by atoms with van der Waals surface area (Å²) in [6.45, 7) is 21.2. The van der Waals surface area contributed by atoms with E-state index in [4.69, 9.17) is 4.43 Å². The molecule has 0 radical (unpaired) electrons. The Kier molecular flexibility index (Phi) is 8.92. The molecule has 0 aromatic heterocycles. The van der Waals surface area contributed by atoms with E-state index in [2.05, 4.69) is 61.6 Å². The number of allylic oxidation sites excluding steroid dienone is 2. The monoisotopic (exact) mass is 504 g/mol. The molecule has 3 aliphatic rings. The Bertz CT molecular complexity index is 794. The van der Waals surface area contributed by atoms with Gasteiger partial charge in [0.15, 0.2) is 14.1 Å². The molecule has 4 heteroatoms. The molecule has 3 nitrogen and oxygen atoms in total. The highest BCUT2D eigenvalue weighted by Gasteiger charge is 2.54. The summed E-state index contributed by atoms with van der Waals surface area (Å²) in [6.07, 6.45) is 12.2. The van der Waals surface area contributed by atoms with Gasteiger partial charge in [0, 0.05) is 18.1 Å². The van der Waals surface area contributed by atoms with Crippen LogP contribution in [0.15, 0.2) is 11.1 Å². The van der Waals surface area contributed by atoms with E-state index in [1.165, 1.54) is 24.0 Å². The molecule has 1 fully saturated rings. The molecule has 0 amide bonds. The van der Waals surface area contributed by atoms with E-state index in [0.29, 0.717) is 23.7 Å². The SMILES string of the molecule is CCCC[C@@H](C)[C@@H](CCO)[C@@]1(C)CCC2=C(CC[C@H]3C[C@@H](O[Si](C)(C)C(C)(C)C)CC[C@]23C)C1=O. The summed E-state index contributed by atoms with van der Waals surface area (Å²) >= 11 is 0. The van der Waals surface area contributed by atoms with E-state index in [1.54, 1.807) is 0 Å². The number of carbonyl (C=O) groups excluding carboxylic acids is 1. The summed E-state index contributed by atoms with van der Waals surface area (Å²) in [5.74, 6) is 1.83. The standard InChI is InChI=1S/C31H56O3Si/c1-10-11-12-22(2)26(17-20-32)31(7)19-16-27-25(28(31)33)14-13-23-21-24(15-18-30(23,27)6)34-35(8,9)29(3,4)5/h22-24,26,32H,10-21H2,1-9H3/t22-,23+,24+,26-,30+,31-/m1/s1. The molecule has 3 rings (SSSR count). The Balaban J connectivity index is 1.81. The average molecular weight is 505 g/mol. The van der Waals surface area contributed by atoms with E-state index >= 15 is 0 Å². The van der Waals surface area contributed by atoms with Crippen molar-refractivity contribution < 1.29 is 14.3 Å². The fourth-order valence-electron chi connectivity index (χ4n) is 7.69. The summed E-state index contributed by atoms with van der Waals surface area (Å²) in [7, 11) is -1.77. The van der Waals surface area contributed by atoms with Gasteiger partial charge < -0.3 is 9.53 Å². The molecule has 0 heterocycles. The van der Waals surface area contributed by atoms with Gasteiger partial charge in [-0.2, -0.15) is 0 Å². The van der Waals surface area contributed by atoms with Crippen LogP contribution in [0.3, 0.4) is 0 Å². The molecule has 202 valence electrons. The third kappa shape index (κ3) is 5.55. The van der Waals surface area contributed by atoms with Crippen LogP contribution < -0.4 is 0 Å². The van der Waals surface area contributed by atoms with Crippen molar-refractivity contribution in [3.05, 3.63) is 11.1 Å². The van der Waals surface area contributed by atoms with Gasteiger partial charge in [0.25, 0.3) is 0 Å². The third-order valence-corrected chi connectivity index (χ3v) is 15.7. The number of Topliss-reactive ketones (excluding diaryl/α,β-unsaturated/α-hetero) is 1. The summed E-state index contributed by atoms with van der Waals surface area (Å²) < 4.78 is 6.88. The number of aliphatic hydroxyl groups is 1. The number of rotatable bonds is 9. The van der Waals surface area contributed by atoms with Crippen molar-refractivity contribution in [3.63, 3.8) is 0 Å². The molecule has 3 aliphatic carbocycles. The van der Waals surface area contributed by atoms with Gasteiger partial charge in [-0.1, -0.05) is 73.3 Å². The highest BCUT2D eigenvalue weighted by molar-refractivity contribution is 6.74. The van der Waals surface area contributed by atoms with Crippen LogP contribution in [-0.4, -0.2) is 31.9 Å². The van der Waals surface area contributed by atoms with Gasteiger partial charge in [0.05, 0.1) is 0 Å². The topological polar surface area (TPSA) is 46.5 Å². The molecule has 35 heavy (non-hydrogen) atoms. The van der Waals surface area contributed by atoms with Gasteiger partial charge in [-0.3, -0.25) is 4.79 Å². The number of aliphatic hydroxyl groups excluding tert-OH is 1. The predicted molar refractivity (Wildman–Crippen MR) is 150 cm³/mol. The fourth-order valence-corrected chi connectivity index (χ4v) is 9.09. The normalized spacial score (nSPS) is 33.8. The molecular formula is C31H56O3Si. The summed E-state index contributed by atoms with van der Waals surface area (Å²) in [6, 6.07) is 0. The van der Waals surface area contributed by atoms with Crippen LogP contribution in [0, 0.1) is 28.6 Å². The van der Waals surface area contributed by atoms with E-state index < -0.39 is 8.32 Å². The fraction of sp³-hybridized carbons (Fsp3) is 0.903. The van der Waals surface area contributed by atoms with Gasteiger partial charge in [0.1, 0.15) is 0 Å². The number of unbranched alkanes of at least 4 members (excludes halogenated alkanes) is 1. The second kappa shape index (κ2) is 10.7. The molecule has 6 atom stereocenters. The largest absolute Gasteiger partial charge is 0.414 e. The number of hydrogen-bond acceptors (Lipinski definition) is 3.